The van der Waals surface area contributed by atoms with Crippen LogP contribution in [0.3, 0.4) is 0 Å². The van der Waals surface area contributed by atoms with Crippen LogP contribution in [0.5, 0.6) is 0 Å². The predicted molar refractivity (Wildman–Crippen MR) is 65.2 cm³/mol. The van der Waals surface area contributed by atoms with Crippen molar-refractivity contribution in [3.8, 4) is 11.3 Å². The Hall–Kier alpha value is -1.18. The highest BCUT2D eigenvalue weighted by molar-refractivity contribution is 14.1. The summed E-state index contributed by atoms with van der Waals surface area (Å²) >= 11 is 2.12. The van der Waals surface area contributed by atoms with E-state index in [4.69, 9.17) is 0 Å². The van der Waals surface area contributed by atoms with Crippen molar-refractivity contribution in [2.45, 2.75) is 6.18 Å². The van der Waals surface area contributed by atoms with Gasteiger partial charge in [0.05, 0.1) is 5.69 Å². The summed E-state index contributed by atoms with van der Waals surface area (Å²) in [5, 5.41) is 0. The molecule has 88 valence electrons. The van der Waals surface area contributed by atoms with Gasteiger partial charge in [-0.05, 0) is 40.8 Å². The third-order valence-corrected chi connectivity index (χ3v) is 2.82. The maximum atomic E-state index is 12.5. The molecule has 2 nitrogen and oxygen atoms in total. The Morgan fingerprint density at radius 3 is 2.24 bits per heavy atom. The lowest BCUT2D eigenvalue weighted by molar-refractivity contribution is -0.141. The van der Waals surface area contributed by atoms with Crippen molar-refractivity contribution in [1.29, 1.82) is 0 Å². The summed E-state index contributed by atoms with van der Waals surface area (Å²) in [4.78, 5) is 7.06. The van der Waals surface area contributed by atoms with Gasteiger partial charge in [0.1, 0.15) is 12.0 Å². The second kappa shape index (κ2) is 4.59. The average molecular weight is 350 g/mol. The van der Waals surface area contributed by atoms with Gasteiger partial charge in [0.25, 0.3) is 0 Å². The largest absolute Gasteiger partial charge is 0.433 e. The number of alkyl halides is 3. The number of benzene rings is 1. The highest BCUT2D eigenvalue weighted by Gasteiger charge is 2.32. The first-order chi connectivity index (χ1) is 7.97. The summed E-state index contributed by atoms with van der Waals surface area (Å²) in [6.45, 7) is 0. The number of aromatic nitrogens is 2. The van der Waals surface area contributed by atoms with Gasteiger partial charge in [-0.1, -0.05) is 12.1 Å². The molecule has 0 atom stereocenters. The second-order valence-corrected chi connectivity index (χ2v) is 4.54. The molecule has 17 heavy (non-hydrogen) atoms. The summed E-state index contributed by atoms with van der Waals surface area (Å²) in [5.41, 5.74) is -0.0249. The Kier molecular flexibility index (Phi) is 3.32. The maximum Gasteiger partial charge on any atom is 0.433 e. The smallest absolute Gasteiger partial charge is 0.236 e. The Morgan fingerprint density at radius 2 is 1.65 bits per heavy atom. The molecular formula is C11H6F3IN2. The van der Waals surface area contributed by atoms with Crippen LogP contribution < -0.4 is 0 Å². The van der Waals surface area contributed by atoms with Crippen molar-refractivity contribution in [1.82, 2.24) is 9.97 Å². The molecule has 0 fully saturated rings. The van der Waals surface area contributed by atoms with Crippen LogP contribution in [0.1, 0.15) is 5.69 Å². The van der Waals surface area contributed by atoms with Gasteiger partial charge in [-0.3, -0.25) is 0 Å². The molecule has 2 rings (SSSR count). The fraction of sp³-hybridized carbons (Fsp3) is 0.0909. The van der Waals surface area contributed by atoms with Crippen molar-refractivity contribution in [2.24, 2.45) is 0 Å². The number of halogens is 4. The van der Waals surface area contributed by atoms with Crippen LogP contribution in [0.2, 0.25) is 0 Å². The van der Waals surface area contributed by atoms with Gasteiger partial charge in [-0.15, -0.1) is 0 Å². The third kappa shape index (κ3) is 2.93. The van der Waals surface area contributed by atoms with Crippen LogP contribution in [0.15, 0.2) is 36.7 Å². The summed E-state index contributed by atoms with van der Waals surface area (Å²) in [5.74, 6) is 0. The molecule has 0 aliphatic heterocycles. The fourth-order valence-corrected chi connectivity index (χ4v) is 1.65. The quantitative estimate of drug-likeness (QED) is 0.732. The molecule has 0 unspecified atom stereocenters. The molecule has 0 radical (unpaired) electrons. The second-order valence-electron chi connectivity index (χ2n) is 3.29. The molecular weight excluding hydrogens is 344 g/mol. The lowest BCUT2D eigenvalue weighted by Crippen LogP contribution is -2.08. The first-order valence-electron chi connectivity index (χ1n) is 4.62. The van der Waals surface area contributed by atoms with Crippen LogP contribution in [-0.2, 0) is 6.18 Å². The Labute approximate surface area is 109 Å². The van der Waals surface area contributed by atoms with Crippen molar-refractivity contribution in [2.75, 3.05) is 0 Å². The first kappa shape index (κ1) is 12.3. The predicted octanol–water partition coefficient (Wildman–Crippen LogP) is 3.77. The van der Waals surface area contributed by atoms with E-state index in [1.54, 1.807) is 12.1 Å². The summed E-state index contributed by atoms with van der Waals surface area (Å²) in [7, 11) is 0. The third-order valence-electron chi connectivity index (χ3n) is 2.10. The molecule has 0 aliphatic rings. The van der Waals surface area contributed by atoms with Gasteiger partial charge in [-0.25, -0.2) is 9.97 Å². The van der Waals surface area contributed by atoms with E-state index >= 15 is 0 Å². The van der Waals surface area contributed by atoms with E-state index < -0.39 is 11.9 Å². The monoisotopic (exact) mass is 350 g/mol. The SMILES string of the molecule is FC(F)(F)c1cc(-c2ccc(I)cc2)ncn1. The Bertz CT molecular complexity index is 523. The number of hydrogen-bond acceptors (Lipinski definition) is 2. The van der Waals surface area contributed by atoms with Crippen LogP contribution in [0.25, 0.3) is 11.3 Å². The van der Waals surface area contributed by atoms with Gasteiger partial charge < -0.3 is 0 Å². The molecule has 6 heteroatoms. The first-order valence-corrected chi connectivity index (χ1v) is 5.70. The number of nitrogens with zero attached hydrogens (tertiary/aromatic N) is 2. The van der Waals surface area contributed by atoms with Crippen LogP contribution in [0.4, 0.5) is 13.2 Å². The molecule has 1 aromatic carbocycles. The average Bonchev–Trinajstić information content (AvgIpc) is 2.29. The van der Waals surface area contributed by atoms with Crippen LogP contribution in [0, 0.1) is 3.57 Å². The molecule has 0 amide bonds. The van der Waals surface area contributed by atoms with E-state index in [-0.39, 0.29) is 5.69 Å². The van der Waals surface area contributed by atoms with Gasteiger partial charge in [-0.2, -0.15) is 13.2 Å². The molecule has 1 aromatic heterocycles. The molecule has 0 saturated heterocycles. The lowest BCUT2D eigenvalue weighted by Gasteiger charge is -2.06. The molecule has 0 spiro atoms. The van der Waals surface area contributed by atoms with Crippen LogP contribution in [-0.4, -0.2) is 9.97 Å². The standard InChI is InChI=1S/C11H6F3IN2/c12-11(13,14)10-5-9(16-6-17-10)7-1-3-8(15)4-2-7/h1-6H. The minimum Gasteiger partial charge on any atom is -0.236 e. The van der Waals surface area contributed by atoms with E-state index in [0.717, 1.165) is 16.0 Å². The van der Waals surface area contributed by atoms with Crippen molar-refractivity contribution in [3.63, 3.8) is 0 Å². The molecule has 0 bridgehead atoms. The summed E-state index contributed by atoms with van der Waals surface area (Å²) in [6.07, 6.45) is -3.52. The molecule has 0 N–H and O–H groups in total. The molecule has 1 heterocycles. The highest BCUT2D eigenvalue weighted by atomic mass is 127. The van der Waals surface area contributed by atoms with Crippen molar-refractivity contribution >= 4 is 22.6 Å². The zero-order chi connectivity index (χ0) is 12.5. The molecule has 0 saturated carbocycles. The van der Waals surface area contributed by atoms with Crippen molar-refractivity contribution < 1.29 is 13.2 Å². The fourth-order valence-electron chi connectivity index (χ4n) is 1.29. The summed E-state index contributed by atoms with van der Waals surface area (Å²) < 4.78 is 38.4. The number of rotatable bonds is 1. The minimum atomic E-state index is -4.44. The minimum absolute atomic E-state index is 0.267. The van der Waals surface area contributed by atoms with E-state index in [0.29, 0.717) is 5.56 Å². The highest BCUT2D eigenvalue weighted by Crippen LogP contribution is 2.29. The van der Waals surface area contributed by atoms with E-state index in [1.165, 1.54) is 0 Å². The van der Waals surface area contributed by atoms with E-state index in [2.05, 4.69) is 32.6 Å². The van der Waals surface area contributed by atoms with Crippen LogP contribution >= 0.6 is 22.6 Å². The number of hydrogen-bond donors (Lipinski definition) is 0. The zero-order valence-electron chi connectivity index (χ0n) is 8.37. The topological polar surface area (TPSA) is 25.8 Å². The lowest BCUT2D eigenvalue weighted by atomic mass is 10.1. The normalized spacial score (nSPS) is 11.5. The van der Waals surface area contributed by atoms with E-state index in [9.17, 15) is 13.2 Å². The van der Waals surface area contributed by atoms with Gasteiger partial charge in [0.2, 0.25) is 0 Å². The van der Waals surface area contributed by atoms with Gasteiger partial charge in [0, 0.05) is 9.13 Å². The molecule has 0 aliphatic carbocycles. The van der Waals surface area contributed by atoms with E-state index in [1.807, 2.05) is 12.1 Å². The Balaban J connectivity index is 2.43. The molecule has 2 aromatic rings. The van der Waals surface area contributed by atoms with Crippen molar-refractivity contribution in [3.05, 3.63) is 45.9 Å². The maximum absolute atomic E-state index is 12.5. The van der Waals surface area contributed by atoms with Gasteiger partial charge in [0.15, 0.2) is 0 Å². The van der Waals surface area contributed by atoms with Gasteiger partial charge >= 0.3 is 6.18 Å². The zero-order valence-corrected chi connectivity index (χ0v) is 10.5. The summed E-state index contributed by atoms with van der Waals surface area (Å²) in [6, 6.07) is 8.02. The Morgan fingerprint density at radius 1 is 1.00 bits per heavy atom.